The van der Waals surface area contributed by atoms with Crippen LogP contribution >= 0.6 is 0 Å². The van der Waals surface area contributed by atoms with Crippen molar-refractivity contribution < 1.29 is 5.11 Å². The predicted molar refractivity (Wildman–Crippen MR) is 64.1 cm³/mol. The lowest BCUT2D eigenvalue weighted by molar-refractivity contribution is -0.116. The van der Waals surface area contributed by atoms with E-state index < -0.39 is 5.60 Å². The van der Waals surface area contributed by atoms with Crippen LogP contribution in [-0.2, 0) is 6.54 Å². The predicted octanol–water partition coefficient (Wildman–Crippen LogP) is 1.51. The third kappa shape index (κ3) is 1.95. The fourth-order valence-corrected chi connectivity index (χ4v) is 2.73. The number of hydrogen-bond acceptors (Lipinski definition) is 3. The van der Waals surface area contributed by atoms with Gasteiger partial charge in [0.15, 0.2) is 0 Å². The summed E-state index contributed by atoms with van der Waals surface area (Å²) in [5.74, 6) is 0.532. The minimum Gasteiger partial charge on any atom is -0.387 e. The van der Waals surface area contributed by atoms with Crippen LogP contribution in [0.2, 0.25) is 0 Å². The number of benzene rings is 1. The quantitative estimate of drug-likeness (QED) is 0.853. The van der Waals surface area contributed by atoms with Crippen LogP contribution in [0.5, 0.6) is 0 Å². The average molecular weight is 228 g/mol. The number of nitriles is 1. The monoisotopic (exact) mass is 228 g/mol. The molecule has 1 N–H and O–H groups in total. The van der Waals surface area contributed by atoms with Crippen molar-refractivity contribution in [2.24, 2.45) is 5.92 Å². The van der Waals surface area contributed by atoms with Gasteiger partial charge in [0, 0.05) is 19.6 Å². The van der Waals surface area contributed by atoms with E-state index in [1.807, 2.05) is 24.3 Å². The molecule has 1 saturated heterocycles. The Bertz CT molecular complexity index is 467. The first kappa shape index (κ1) is 10.8. The molecule has 1 aliphatic heterocycles. The molecule has 1 saturated carbocycles. The van der Waals surface area contributed by atoms with Gasteiger partial charge in [0.2, 0.25) is 0 Å². The van der Waals surface area contributed by atoms with E-state index in [0.717, 1.165) is 30.8 Å². The number of hydrogen-bond donors (Lipinski definition) is 1. The molecule has 17 heavy (non-hydrogen) atoms. The highest BCUT2D eigenvalue weighted by molar-refractivity contribution is 5.37. The van der Waals surface area contributed by atoms with Crippen LogP contribution in [0.25, 0.3) is 0 Å². The zero-order valence-corrected chi connectivity index (χ0v) is 9.76. The summed E-state index contributed by atoms with van der Waals surface area (Å²) in [6, 6.07) is 9.91. The van der Waals surface area contributed by atoms with Crippen molar-refractivity contribution in [3.8, 4) is 6.07 Å². The van der Waals surface area contributed by atoms with Crippen LogP contribution in [0.15, 0.2) is 24.3 Å². The summed E-state index contributed by atoms with van der Waals surface area (Å²) in [6.07, 6.45) is 2.36. The van der Waals surface area contributed by atoms with E-state index in [2.05, 4.69) is 11.0 Å². The lowest BCUT2D eigenvalue weighted by atomic mass is 9.88. The molecule has 0 atom stereocenters. The molecule has 1 aromatic rings. The Labute approximate surface area is 101 Å². The second kappa shape index (κ2) is 3.83. The molecule has 88 valence electrons. The van der Waals surface area contributed by atoms with Crippen molar-refractivity contribution in [2.75, 3.05) is 13.1 Å². The minimum absolute atomic E-state index is 0.429. The third-order valence-electron chi connectivity index (χ3n) is 3.86. The molecule has 3 rings (SSSR count). The van der Waals surface area contributed by atoms with Crippen LogP contribution in [0.1, 0.15) is 24.0 Å². The number of likely N-dealkylation sites (tertiary alicyclic amines) is 1. The van der Waals surface area contributed by atoms with Crippen LogP contribution in [-0.4, -0.2) is 28.7 Å². The summed E-state index contributed by atoms with van der Waals surface area (Å²) in [7, 11) is 0. The van der Waals surface area contributed by atoms with E-state index in [1.165, 1.54) is 12.8 Å². The normalized spacial score (nSPS) is 22.8. The third-order valence-corrected chi connectivity index (χ3v) is 3.86. The largest absolute Gasteiger partial charge is 0.387 e. The summed E-state index contributed by atoms with van der Waals surface area (Å²) < 4.78 is 0. The topological polar surface area (TPSA) is 47.3 Å². The SMILES string of the molecule is N#Cc1ccccc1CN1CC(O)(C2CC2)C1. The van der Waals surface area contributed by atoms with Gasteiger partial charge >= 0.3 is 0 Å². The highest BCUT2D eigenvalue weighted by Gasteiger charge is 2.51. The number of β-amino-alcohol motifs (C(OH)–C–C–N with tert-alkyl or cyclic N) is 1. The van der Waals surface area contributed by atoms with E-state index in [4.69, 9.17) is 5.26 Å². The van der Waals surface area contributed by atoms with Gasteiger partial charge in [-0.3, -0.25) is 4.90 Å². The fourth-order valence-electron chi connectivity index (χ4n) is 2.73. The molecule has 3 heteroatoms. The van der Waals surface area contributed by atoms with E-state index in [0.29, 0.717) is 5.92 Å². The van der Waals surface area contributed by atoms with Gasteiger partial charge in [0.05, 0.1) is 17.2 Å². The maximum atomic E-state index is 10.2. The van der Waals surface area contributed by atoms with E-state index >= 15 is 0 Å². The highest BCUT2D eigenvalue weighted by Crippen LogP contribution is 2.44. The standard InChI is InChI=1S/C14H16N2O/c15-7-11-3-1-2-4-12(11)8-16-9-14(17,10-16)13-5-6-13/h1-4,13,17H,5-6,8-10H2. The molecule has 0 bridgehead atoms. The number of rotatable bonds is 3. The van der Waals surface area contributed by atoms with E-state index in [9.17, 15) is 5.11 Å². The van der Waals surface area contributed by atoms with Crippen LogP contribution in [0, 0.1) is 17.2 Å². The Hall–Kier alpha value is -1.37. The van der Waals surface area contributed by atoms with Crippen molar-refractivity contribution in [1.29, 1.82) is 5.26 Å². The number of nitrogens with zero attached hydrogens (tertiary/aromatic N) is 2. The van der Waals surface area contributed by atoms with Gasteiger partial charge in [-0.1, -0.05) is 18.2 Å². The van der Waals surface area contributed by atoms with Crippen molar-refractivity contribution in [2.45, 2.75) is 25.0 Å². The van der Waals surface area contributed by atoms with Crippen molar-refractivity contribution in [3.63, 3.8) is 0 Å². The molecular formula is C14H16N2O. The summed E-state index contributed by atoms with van der Waals surface area (Å²) in [5, 5.41) is 19.2. The summed E-state index contributed by atoms with van der Waals surface area (Å²) in [5.41, 5.74) is 1.38. The molecule has 2 fully saturated rings. The van der Waals surface area contributed by atoms with E-state index in [-0.39, 0.29) is 0 Å². The van der Waals surface area contributed by atoms with Gasteiger partial charge in [-0.05, 0) is 30.4 Å². The molecule has 1 aliphatic carbocycles. The molecule has 0 amide bonds. The van der Waals surface area contributed by atoms with Crippen molar-refractivity contribution in [1.82, 2.24) is 4.90 Å². The molecule has 0 radical (unpaired) electrons. The van der Waals surface area contributed by atoms with Gasteiger partial charge in [-0.2, -0.15) is 5.26 Å². The van der Waals surface area contributed by atoms with Gasteiger partial charge in [-0.25, -0.2) is 0 Å². The highest BCUT2D eigenvalue weighted by atomic mass is 16.3. The maximum absolute atomic E-state index is 10.2. The second-order valence-electron chi connectivity index (χ2n) is 5.29. The zero-order chi connectivity index (χ0) is 11.9. The van der Waals surface area contributed by atoms with Crippen LogP contribution < -0.4 is 0 Å². The first-order valence-corrected chi connectivity index (χ1v) is 6.14. The average Bonchev–Trinajstić information content (AvgIpc) is 3.11. The fraction of sp³-hybridized carbons (Fsp3) is 0.500. The Morgan fingerprint density at radius 2 is 2.06 bits per heavy atom. The smallest absolute Gasteiger partial charge is 0.0995 e. The molecule has 1 heterocycles. The molecule has 3 nitrogen and oxygen atoms in total. The minimum atomic E-state index is -0.429. The maximum Gasteiger partial charge on any atom is 0.0995 e. The molecule has 1 aromatic carbocycles. The van der Waals surface area contributed by atoms with Gasteiger partial charge in [0.25, 0.3) is 0 Å². The molecule has 2 aliphatic rings. The molecular weight excluding hydrogens is 212 g/mol. The van der Waals surface area contributed by atoms with Gasteiger partial charge in [0.1, 0.15) is 0 Å². The summed E-state index contributed by atoms with van der Waals surface area (Å²) >= 11 is 0. The zero-order valence-electron chi connectivity index (χ0n) is 9.76. The lowest BCUT2D eigenvalue weighted by Crippen LogP contribution is -2.62. The van der Waals surface area contributed by atoms with Crippen molar-refractivity contribution in [3.05, 3.63) is 35.4 Å². The lowest BCUT2D eigenvalue weighted by Gasteiger charge is -2.47. The van der Waals surface area contributed by atoms with Crippen LogP contribution in [0.3, 0.4) is 0 Å². The number of aliphatic hydroxyl groups is 1. The van der Waals surface area contributed by atoms with Gasteiger partial charge < -0.3 is 5.11 Å². The summed E-state index contributed by atoms with van der Waals surface area (Å²) in [6.45, 7) is 2.30. The second-order valence-corrected chi connectivity index (χ2v) is 5.29. The van der Waals surface area contributed by atoms with Gasteiger partial charge in [-0.15, -0.1) is 0 Å². The van der Waals surface area contributed by atoms with E-state index in [1.54, 1.807) is 0 Å². The molecule has 0 aromatic heterocycles. The van der Waals surface area contributed by atoms with Crippen molar-refractivity contribution >= 4 is 0 Å². The Morgan fingerprint density at radius 3 is 2.71 bits per heavy atom. The first-order chi connectivity index (χ1) is 8.21. The Balaban J connectivity index is 1.64. The molecule has 0 unspecified atom stereocenters. The summed E-state index contributed by atoms with van der Waals surface area (Å²) in [4.78, 5) is 2.22. The Morgan fingerprint density at radius 1 is 1.35 bits per heavy atom. The Kier molecular flexibility index (Phi) is 2.43. The van der Waals surface area contributed by atoms with Crippen LogP contribution in [0.4, 0.5) is 0 Å². The first-order valence-electron chi connectivity index (χ1n) is 6.14. The molecule has 0 spiro atoms.